The van der Waals surface area contributed by atoms with Gasteiger partial charge in [0.1, 0.15) is 11.6 Å². The van der Waals surface area contributed by atoms with E-state index >= 15 is 0 Å². The lowest BCUT2D eigenvalue weighted by Crippen LogP contribution is -2.44. The van der Waals surface area contributed by atoms with E-state index in [1.807, 2.05) is 12.1 Å². The van der Waals surface area contributed by atoms with Crippen LogP contribution < -0.4 is 5.32 Å². The van der Waals surface area contributed by atoms with Gasteiger partial charge in [-0.25, -0.2) is 0 Å². The van der Waals surface area contributed by atoms with Gasteiger partial charge in [-0.15, -0.1) is 22.0 Å². The molecule has 1 aromatic carbocycles. The lowest BCUT2D eigenvalue weighted by Gasteiger charge is -2.26. The predicted molar refractivity (Wildman–Crippen MR) is 94.2 cm³/mol. The fourth-order valence-electron chi connectivity index (χ4n) is 3.52. The summed E-state index contributed by atoms with van der Waals surface area (Å²) in [5.74, 6) is 2.57. The first-order chi connectivity index (χ1) is 11.6. The van der Waals surface area contributed by atoms with Crippen molar-refractivity contribution >= 4 is 17.7 Å². The number of hydrogen-bond acceptors (Lipinski definition) is 4. The Labute approximate surface area is 146 Å². The van der Waals surface area contributed by atoms with Crippen molar-refractivity contribution in [1.82, 2.24) is 20.1 Å². The van der Waals surface area contributed by atoms with Crippen LogP contribution >= 0.6 is 11.8 Å². The van der Waals surface area contributed by atoms with Crippen LogP contribution in [0.3, 0.4) is 0 Å². The maximum atomic E-state index is 12.7. The zero-order chi connectivity index (χ0) is 16.7. The summed E-state index contributed by atoms with van der Waals surface area (Å²) in [4.78, 5) is 13.9. The average molecular weight is 342 g/mol. The molecule has 3 heterocycles. The largest absolute Gasteiger partial charge is 0.351 e. The summed E-state index contributed by atoms with van der Waals surface area (Å²) < 4.78 is 2.19. The van der Waals surface area contributed by atoms with E-state index < -0.39 is 0 Å². The standard InChI is InChI=1S/C18H22N4OS/c1-11(2)17-21-20-16-8-7-13(10-22(16)17)19-18(23)15-9-12-5-3-4-6-14(12)24-15/h3-6,11,13,15H,7-10H2,1-2H3,(H,19,23). The lowest BCUT2D eigenvalue weighted by molar-refractivity contribution is -0.121. The number of fused-ring (bicyclic) bond motifs is 2. The monoisotopic (exact) mass is 342 g/mol. The molecular weight excluding hydrogens is 320 g/mol. The van der Waals surface area contributed by atoms with Crippen molar-refractivity contribution in [2.75, 3.05) is 0 Å². The molecule has 4 rings (SSSR count). The number of aryl methyl sites for hydroxylation is 1. The molecule has 24 heavy (non-hydrogen) atoms. The van der Waals surface area contributed by atoms with E-state index in [4.69, 9.17) is 0 Å². The summed E-state index contributed by atoms with van der Waals surface area (Å²) in [6, 6.07) is 8.47. The molecule has 0 fully saturated rings. The SMILES string of the molecule is CC(C)c1nnc2n1CC(NC(=O)C1Cc3ccccc3S1)CC2. The van der Waals surface area contributed by atoms with Crippen molar-refractivity contribution in [1.29, 1.82) is 0 Å². The minimum atomic E-state index is -0.00530. The number of thioether (sulfide) groups is 1. The van der Waals surface area contributed by atoms with Crippen LogP contribution in [0, 0.1) is 0 Å². The quantitative estimate of drug-likeness (QED) is 0.931. The van der Waals surface area contributed by atoms with Gasteiger partial charge < -0.3 is 9.88 Å². The fraction of sp³-hybridized carbons (Fsp3) is 0.500. The van der Waals surface area contributed by atoms with Gasteiger partial charge in [-0.1, -0.05) is 32.0 Å². The van der Waals surface area contributed by atoms with Crippen LogP contribution in [0.15, 0.2) is 29.2 Å². The summed E-state index contributed by atoms with van der Waals surface area (Å²) in [5.41, 5.74) is 1.29. The number of nitrogens with one attached hydrogen (secondary N) is 1. The zero-order valence-corrected chi connectivity index (χ0v) is 14.8. The molecule has 0 spiro atoms. The second-order valence-corrected chi connectivity index (χ2v) is 8.15. The second-order valence-electron chi connectivity index (χ2n) is 6.90. The summed E-state index contributed by atoms with van der Waals surface area (Å²) in [6.45, 7) is 5.05. The van der Waals surface area contributed by atoms with E-state index in [1.54, 1.807) is 11.8 Å². The van der Waals surface area contributed by atoms with Crippen molar-refractivity contribution in [2.45, 2.75) is 61.8 Å². The van der Waals surface area contributed by atoms with Crippen molar-refractivity contribution in [3.05, 3.63) is 41.5 Å². The Morgan fingerprint density at radius 3 is 2.96 bits per heavy atom. The number of hydrogen-bond donors (Lipinski definition) is 1. The van der Waals surface area contributed by atoms with Crippen molar-refractivity contribution in [3.8, 4) is 0 Å². The first-order valence-corrected chi connectivity index (χ1v) is 9.46. The Balaban J connectivity index is 1.42. The van der Waals surface area contributed by atoms with Crippen LogP contribution in [-0.2, 0) is 24.2 Å². The Kier molecular flexibility index (Phi) is 4.08. The summed E-state index contributed by atoms with van der Waals surface area (Å²) in [7, 11) is 0. The molecule has 6 heteroatoms. The topological polar surface area (TPSA) is 59.8 Å². The van der Waals surface area contributed by atoms with E-state index in [2.05, 4.69) is 46.1 Å². The highest BCUT2D eigenvalue weighted by Gasteiger charge is 2.31. The number of rotatable bonds is 3. The zero-order valence-electron chi connectivity index (χ0n) is 14.0. The van der Waals surface area contributed by atoms with Crippen LogP contribution in [0.1, 0.15) is 43.4 Å². The highest BCUT2D eigenvalue weighted by molar-refractivity contribution is 8.01. The highest BCUT2D eigenvalue weighted by atomic mass is 32.2. The van der Waals surface area contributed by atoms with E-state index in [0.29, 0.717) is 5.92 Å². The molecule has 2 atom stereocenters. The van der Waals surface area contributed by atoms with Gasteiger partial charge in [0.2, 0.25) is 5.91 Å². The van der Waals surface area contributed by atoms with Crippen molar-refractivity contribution in [3.63, 3.8) is 0 Å². The van der Waals surface area contributed by atoms with Gasteiger partial charge in [0.15, 0.2) is 0 Å². The highest BCUT2D eigenvalue weighted by Crippen LogP contribution is 2.36. The molecule has 0 saturated carbocycles. The molecule has 1 aromatic heterocycles. The van der Waals surface area contributed by atoms with Crippen LogP contribution in [0.5, 0.6) is 0 Å². The third kappa shape index (κ3) is 2.83. The van der Waals surface area contributed by atoms with Gasteiger partial charge in [0.05, 0.1) is 5.25 Å². The molecular formula is C18H22N4OS. The van der Waals surface area contributed by atoms with Gasteiger partial charge in [0, 0.05) is 29.8 Å². The Bertz CT molecular complexity index is 745. The Morgan fingerprint density at radius 1 is 1.33 bits per heavy atom. The summed E-state index contributed by atoms with van der Waals surface area (Å²) in [6.07, 6.45) is 2.64. The number of amides is 1. The average Bonchev–Trinajstić information content (AvgIpc) is 3.18. The fourth-order valence-corrected chi connectivity index (χ4v) is 4.72. The number of aromatic nitrogens is 3. The van der Waals surface area contributed by atoms with Crippen LogP contribution in [-0.4, -0.2) is 32.0 Å². The van der Waals surface area contributed by atoms with Crippen molar-refractivity contribution in [2.24, 2.45) is 0 Å². The van der Waals surface area contributed by atoms with E-state index in [-0.39, 0.29) is 17.2 Å². The molecule has 2 aromatic rings. The molecule has 1 amide bonds. The molecule has 1 N–H and O–H groups in total. The predicted octanol–water partition coefficient (Wildman–Crippen LogP) is 2.55. The first kappa shape index (κ1) is 15.7. The van der Waals surface area contributed by atoms with E-state index in [1.165, 1.54) is 10.5 Å². The lowest BCUT2D eigenvalue weighted by atomic mass is 10.0. The number of carbonyl (C=O) groups excluding carboxylic acids is 1. The van der Waals surface area contributed by atoms with Crippen molar-refractivity contribution < 1.29 is 4.79 Å². The molecule has 5 nitrogen and oxygen atoms in total. The molecule has 2 aliphatic rings. The smallest absolute Gasteiger partial charge is 0.234 e. The minimum absolute atomic E-state index is 0.00530. The molecule has 0 aliphatic carbocycles. The second kappa shape index (κ2) is 6.24. The van der Waals surface area contributed by atoms with Crippen LogP contribution in [0.4, 0.5) is 0 Å². The maximum absolute atomic E-state index is 12.7. The van der Waals surface area contributed by atoms with E-state index in [9.17, 15) is 4.79 Å². The van der Waals surface area contributed by atoms with Crippen LogP contribution in [0.25, 0.3) is 0 Å². The van der Waals surface area contributed by atoms with Gasteiger partial charge in [0.25, 0.3) is 0 Å². The van der Waals surface area contributed by atoms with Gasteiger partial charge >= 0.3 is 0 Å². The third-order valence-electron chi connectivity index (χ3n) is 4.78. The van der Waals surface area contributed by atoms with E-state index in [0.717, 1.165) is 37.5 Å². The summed E-state index contributed by atoms with van der Waals surface area (Å²) >= 11 is 1.68. The number of benzene rings is 1. The van der Waals surface area contributed by atoms with Gasteiger partial charge in [-0.3, -0.25) is 4.79 Å². The first-order valence-electron chi connectivity index (χ1n) is 8.58. The molecule has 0 radical (unpaired) electrons. The molecule has 0 saturated heterocycles. The minimum Gasteiger partial charge on any atom is -0.351 e. The number of carbonyl (C=O) groups is 1. The Hall–Kier alpha value is -1.82. The third-order valence-corrected chi connectivity index (χ3v) is 6.10. The Morgan fingerprint density at radius 2 is 2.17 bits per heavy atom. The summed E-state index contributed by atoms with van der Waals surface area (Å²) in [5, 5.41) is 11.9. The molecule has 2 unspecified atom stereocenters. The molecule has 0 bridgehead atoms. The number of nitrogens with zero attached hydrogens (tertiary/aromatic N) is 3. The van der Waals surface area contributed by atoms with Gasteiger partial charge in [-0.05, 0) is 24.5 Å². The normalized spacial score (nSPS) is 22.3. The van der Waals surface area contributed by atoms with Gasteiger partial charge in [-0.2, -0.15) is 0 Å². The van der Waals surface area contributed by atoms with Crippen LogP contribution in [0.2, 0.25) is 0 Å². The molecule has 2 aliphatic heterocycles. The maximum Gasteiger partial charge on any atom is 0.234 e. The molecule has 126 valence electrons.